The Bertz CT molecular complexity index is 628. The van der Waals surface area contributed by atoms with E-state index < -0.39 is 0 Å². The van der Waals surface area contributed by atoms with Gasteiger partial charge in [0.05, 0.1) is 16.4 Å². The van der Waals surface area contributed by atoms with Crippen LogP contribution in [0.3, 0.4) is 0 Å². The van der Waals surface area contributed by atoms with E-state index in [9.17, 15) is 0 Å². The highest BCUT2D eigenvalue weighted by atomic mass is 79.9. The van der Waals surface area contributed by atoms with E-state index in [0.717, 1.165) is 34.7 Å². The van der Waals surface area contributed by atoms with E-state index in [1.165, 1.54) is 5.56 Å². The number of benzene rings is 1. The van der Waals surface area contributed by atoms with Crippen LogP contribution in [0.5, 0.6) is 5.75 Å². The molecule has 6 heteroatoms. The summed E-state index contributed by atoms with van der Waals surface area (Å²) in [6.07, 6.45) is 0. The van der Waals surface area contributed by atoms with Gasteiger partial charge in [0.1, 0.15) is 12.4 Å². The van der Waals surface area contributed by atoms with Crippen LogP contribution in [0.25, 0.3) is 0 Å². The predicted octanol–water partition coefficient (Wildman–Crippen LogP) is 3.83. The lowest BCUT2D eigenvalue weighted by Gasteiger charge is -2.10. The Labute approximate surface area is 138 Å². The molecule has 0 aliphatic carbocycles. The number of ether oxygens (including phenoxy) is 1. The fourth-order valence-electron chi connectivity index (χ4n) is 2.02. The number of hydrogen-bond donors (Lipinski definition) is 1. The Hall–Kier alpha value is -1.04. The highest BCUT2D eigenvalue weighted by Crippen LogP contribution is 2.25. The zero-order valence-corrected chi connectivity index (χ0v) is 14.8. The molecule has 1 heterocycles. The highest BCUT2D eigenvalue weighted by Gasteiger charge is 2.12. The zero-order chi connectivity index (χ0) is 15.4. The smallest absolute Gasteiger partial charge is 0.131 e. The molecule has 0 bridgehead atoms. The summed E-state index contributed by atoms with van der Waals surface area (Å²) < 4.78 is 8.68. The molecule has 0 atom stereocenters. The lowest BCUT2D eigenvalue weighted by molar-refractivity contribution is 0.294. The van der Waals surface area contributed by atoms with Gasteiger partial charge in [-0.1, -0.05) is 34.5 Å². The molecule has 1 N–H and O–H groups in total. The van der Waals surface area contributed by atoms with Gasteiger partial charge in [-0.05, 0) is 37.2 Å². The van der Waals surface area contributed by atoms with Crippen LogP contribution >= 0.6 is 27.5 Å². The van der Waals surface area contributed by atoms with E-state index in [2.05, 4.69) is 33.3 Å². The third kappa shape index (κ3) is 3.99. The maximum absolute atomic E-state index is 6.22. The normalized spacial score (nSPS) is 10.9. The van der Waals surface area contributed by atoms with Gasteiger partial charge in [0.15, 0.2) is 0 Å². The van der Waals surface area contributed by atoms with E-state index in [0.29, 0.717) is 11.6 Å². The van der Waals surface area contributed by atoms with Crippen molar-refractivity contribution in [1.29, 1.82) is 0 Å². The van der Waals surface area contributed by atoms with Gasteiger partial charge in [-0.3, -0.25) is 4.68 Å². The second kappa shape index (κ2) is 7.29. The third-order valence-electron chi connectivity index (χ3n) is 3.22. The minimum Gasteiger partial charge on any atom is -0.487 e. The van der Waals surface area contributed by atoms with Crippen LogP contribution in [0.1, 0.15) is 23.9 Å². The van der Waals surface area contributed by atoms with Crippen molar-refractivity contribution in [1.82, 2.24) is 15.1 Å². The monoisotopic (exact) mass is 371 g/mol. The summed E-state index contributed by atoms with van der Waals surface area (Å²) in [5, 5.41) is 8.26. The van der Waals surface area contributed by atoms with Gasteiger partial charge >= 0.3 is 0 Å². The van der Waals surface area contributed by atoms with Crippen molar-refractivity contribution in [3.63, 3.8) is 0 Å². The molecular weight excluding hydrogens is 354 g/mol. The first kappa shape index (κ1) is 16.3. The molecule has 0 radical (unpaired) electrons. The molecule has 21 heavy (non-hydrogen) atoms. The quantitative estimate of drug-likeness (QED) is 0.837. The van der Waals surface area contributed by atoms with Gasteiger partial charge in [0, 0.05) is 18.1 Å². The Morgan fingerprint density at radius 2 is 2.19 bits per heavy atom. The predicted molar refractivity (Wildman–Crippen MR) is 88.8 cm³/mol. The first-order chi connectivity index (χ1) is 10.0. The minimum absolute atomic E-state index is 0.401. The summed E-state index contributed by atoms with van der Waals surface area (Å²) in [6.45, 7) is 6.11. The molecule has 0 fully saturated rings. The zero-order valence-electron chi connectivity index (χ0n) is 12.4. The number of aryl methyl sites for hydroxylation is 2. The van der Waals surface area contributed by atoms with E-state index in [-0.39, 0.29) is 0 Å². The molecule has 0 amide bonds. The number of rotatable bonds is 6. The average molecular weight is 373 g/mol. The van der Waals surface area contributed by atoms with Gasteiger partial charge in [0.2, 0.25) is 0 Å². The summed E-state index contributed by atoms with van der Waals surface area (Å²) in [4.78, 5) is 0. The molecule has 0 aliphatic rings. The Morgan fingerprint density at radius 1 is 1.43 bits per heavy atom. The van der Waals surface area contributed by atoms with E-state index in [1.807, 2.05) is 32.2 Å². The van der Waals surface area contributed by atoms with Crippen LogP contribution in [0.4, 0.5) is 0 Å². The lowest BCUT2D eigenvalue weighted by atomic mass is 10.2. The number of nitrogens with one attached hydrogen (secondary N) is 1. The van der Waals surface area contributed by atoms with Gasteiger partial charge in [-0.15, -0.1) is 0 Å². The molecule has 0 spiro atoms. The number of halogens is 2. The molecule has 114 valence electrons. The van der Waals surface area contributed by atoms with Crippen molar-refractivity contribution in [2.45, 2.75) is 27.0 Å². The summed E-state index contributed by atoms with van der Waals surface area (Å²) in [6, 6.07) is 5.97. The standard InChI is InChI=1S/C15H19BrClN3O/c1-4-18-8-11-7-12(5-6-13(11)16)21-9-14-15(17)10(2)19-20(14)3/h5-7,18H,4,8-9H2,1-3H3. The van der Waals surface area contributed by atoms with E-state index in [4.69, 9.17) is 16.3 Å². The van der Waals surface area contributed by atoms with Crippen LogP contribution in [-0.4, -0.2) is 16.3 Å². The van der Waals surface area contributed by atoms with Crippen molar-refractivity contribution in [3.05, 3.63) is 44.6 Å². The Balaban J connectivity index is 2.09. The van der Waals surface area contributed by atoms with Gasteiger partial charge < -0.3 is 10.1 Å². The minimum atomic E-state index is 0.401. The molecule has 1 aromatic carbocycles. The van der Waals surface area contributed by atoms with Crippen LogP contribution in [-0.2, 0) is 20.2 Å². The van der Waals surface area contributed by atoms with Crippen molar-refractivity contribution in [2.24, 2.45) is 7.05 Å². The molecular formula is C15H19BrClN3O. The SMILES string of the molecule is CCNCc1cc(OCc2c(Cl)c(C)nn2C)ccc1Br. The lowest BCUT2D eigenvalue weighted by Crippen LogP contribution is -2.12. The van der Waals surface area contributed by atoms with Crippen LogP contribution in [0.2, 0.25) is 5.02 Å². The molecule has 0 aliphatic heterocycles. The number of nitrogens with zero attached hydrogens (tertiary/aromatic N) is 2. The molecule has 2 aromatic rings. The average Bonchev–Trinajstić information content (AvgIpc) is 2.70. The molecule has 4 nitrogen and oxygen atoms in total. The van der Waals surface area contributed by atoms with Gasteiger partial charge in [0.25, 0.3) is 0 Å². The van der Waals surface area contributed by atoms with Crippen molar-refractivity contribution >= 4 is 27.5 Å². The van der Waals surface area contributed by atoms with Crippen LogP contribution in [0, 0.1) is 6.92 Å². The number of aromatic nitrogens is 2. The van der Waals surface area contributed by atoms with E-state index >= 15 is 0 Å². The topological polar surface area (TPSA) is 39.1 Å². The summed E-state index contributed by atoms with van der Waals surface area (Å²) in [7, 11) is 1.87. The molecule has 1 aromatic heterocycles. The molecule has 2 rings (SSSR count). The van der Waals surface area contributed by atoms with Crippen LogP contribution < -0.4 is 10.1 Å². The van der Waals surface area contributed by atoms with Crippen LogP contribution in [0.15, 0.2) is 22.7 Å². The van der Waals surface area contributed by atoms with Gasteiger partial charge in [-0.2, -0.15) is 5.10 Å². The first-order valence-corrected chi connectivity index (χ1v) is 8.00. The second-order valence-corrected chi connectivity index (χ2v) is 6.02. The highest BCUT2D eigenvalue weighted by molar-refractivity contribution is 9.10. The second-order valence-electron chi connectivity index (χ2n) is 4.79. The fourth-order valence-corrected chi connectivity index (χ4v) is 2.63. The fraction of sp³-hybridized carbons (Fsp3) is 0.400. The summed E-state index contributed by atoms with van der Waals surface area (Å²) >= 11 is 9.78. The maximum atomic E-state index is 6.22. The maximum Gasteiger partial charge on any atom is 0.131 e. The Kier molecular flexibility index (Phi) is 5.67. The summed E-state index contributed by atoms with van der Waals surface area (Å²) in [5.74, 6) is 0.820. The van der Waals surface area contributed by atoms with Gasteiger partial charge in [-0.25, -0.2) is 0 Å². The van der Waals surface area contributed by atoms with Crippen molar-refractivity contribution in [3.8, 4) is 5.75 Å². The largest absolute Gasteiger partial charge is 0.487 e. The Morgan fingerprint density at radius 3 is 2.81 bits per heavy atom. The molecule has 0 saturated heterocycles. The van der Waals surface area contributed by atoms with Crippen molar-refractivity contribution in [2.75, 3.05) is 6.54 Å². The van der Waals surface area contributed by atoms with Crippen molar-refractivity contribution < 1.29 is 4.74 Å². The molecule has 0 unspecified atom stereocenters. The first-order valence-electron chi connectivity index (χ1n) is 6.82. The third-order valence-corrected chi connectivity index (χ3v) is 4.49. The molecule has 0 saturated carbocycles. The number of hydrogen-bond acceptors (Lipinski definition) is 3. The summed E-state index contributed by atoms with van der Waals surface area (Å²) in [5.41, 5.74) is 2.87. The van der Waals surface area contributed by atoms with E-state index in [1.54, 1.807) is 4.68 Å².